The molecule has 0 amide bonds. The Labute approximate surface area is 108 Å². The molecule has 1 N–H and O–H groups in total. The van der Waals surface area contributed by atoms with E-state index in [1.807, 2.05) is 0 Å². The standard InChI is InChI=1S/C15H21F2N/c1-15(2)8-4-3-5-14(15)18-10-11-6-7-12(16)13(17)9-11/h6-7,9,14,18H,3-5,8,10H2,1-2H3. The van der Waals surface area contributed by atoms with E-state index in [0.29, 0.717) is 12.6 Å². The average Bonchev–Trinajstić information content (AvgIpc) is 2.31. The fourth-order valence-electron chi connectivity index (χ4n) is 2.76. The molecule has 0 spiro atoms. The molecular formula is C15H21F2N. The summed E-state index contributed by atoms with van der Waals surface area (Å²) in [6, 6.07) is 4.57. The van der Waals surface area contributed by atoms with Gasteiger partial charge in [0.1, 0.15) is 0 Å². The van der Waals surface area contributed by atoms with E-state index in [2.05, 4.69) is 19.2 Å². The van der Waals surface area contributed by atoms with Crippen molar-refractivity contribution in [2.75, 3.05) is 0 Å². The highest BCUT2D eigenvalue weighted by atomic mass is 19.2. The highest BCUT2D eigenvalue weighted by molar-refractivity contribution is 5.17. The van der Waals surface area contributed by atoms with Crippen LogP contribution in [0.3, 0.4) is 0 Å². The summed E-state index contributed by atoms with van der Waals surface area (Å²) in [5, 5.41) is 3.49. The molecule has 1 aliphatic carbocycles. The smallest absolute Gasteiger partial charge is 0.159 e. The lowest BCUT2D eigenvalue weighted by molar-refractivity contribution is 0.166. The number of halogens is 2. The molecule has 3 heteroatoms. The van der Waals surface area contributed by atoms with Crippen LogP contribution >= 0.6 is 0 Å². The van der Waals surface area contributed by atoms with Crippen LogP contribution in [-0.4, -0.2) is 6.04 Å². The van der Waals surface area contributed by atoms with E-state index >= 15 is 0 Å². The predicted molar refractivity (Wildman–Crippen MR) is 69.2 cm³/mol. The molecule has 1 saturated carbocycles. The van der Waals surface area contributed by atoms with Gasteiger partial charge in [0.15, 0.2) is 11.6 Å². The van der Waals surface area contributed by atoms with Crippen LogP contribution in [0.1, 0.15) is 45.1 Å². The summed E-state index contributed by atoms with van der Waals surface area (Å²) in [4.78, 5) is 0. The second-order valence-corrected chi connectivity index (χ2v) is 5.92. The maximum atomic E-state index is 13.1. The van der Waals surface area contributed by atoms with Gasteiger partial charge in [0.2, 0.25) is 0 Å². The summed E-state index contributed by atoms with van der Waals surface area (Å²) >= 11 is 0. The minimum atomic E-state index is -0.781. The van der Waals surface area contributed by atoms with Gasteiger partial charge >= 0.3 is 0 Å². The lowest BCUT2D eigenvalue weighted by Gasteiger charge is -2.39. The molecule has 1 aliphatic rings. The molecule has 0 aliphatic heterocycles. The van der Waals surface area contributed by atoms with Gasteiger partial charge < -0.3 is 5.32 Å². The second kappa shape index (κ2) is 5.35. The van der Waals surface area contributed by atoms with Crippen molar-refractivity contribution in [1.29, 1.82) is 0 Å². The number of rotatable bonds is 3. The maximum Gasteiger partial charge on any atom is 0.159 e. The molecule has 0 radical (unpaired) electrons. The number of benzene rings is 1. The van der Waals surface area contributed by atoms with Gasteiger partial charge in [-0.15, -0.1) is 0 Å². The Morgan fingerprint density at radius 3 is 2.67 bits per heavy atom. The zero-order valence-electron chi connectivity index (χ0n) is 11.1. The van der Waals surface area contributed by atoms with Crippen molar-refractivity contribution < 1.29 is 8.78 Å². The predicted octanol–water partition coefficient (Wildman–Crippen LogP) is 4.02. The van der Waals surface area contributed by atoms with Gasteiger partial charge in [-0.05, 0) is 36.0 Å². The van der Waals surface area contributed by atoms with Crippen LogP contribution in [-0.2, 0) is 6.54 Å². The van der Waals surface area contributed by atoms with Crippen LogP contribution in [0.25, 0.3) is 0 Å². The largest absolute Gasteiger partial charge is 0.309 e. The Balaban J connectivity index is 1.96. The molecule has 0 saturated heterocycles. The molecule has 1 aromatic rings. The quantitative estimate of drug-likeness (QED) is 0.857. The van der Waals surface area contributed by atoms with Crippen molar-refractivity contribution in [3.8, 4) is 0 Å². The Hall–Kier alpha value is -0.960. The Morgan fingerprint density at radius 2 is 2.00 bits per heavy atom. The van der Waals surface area contributed by atoms with E-state index in [1.54, 1.807) is 6.07 Å². The molecule has 18 heavy (non-hydrogen) atoms. The summed E-state index contributed by atoms with van der Waals surface area (Å²) in [5.41, 5.74) is 1.09. The van der Waals surface area contributed by atoms with E-state index in [-0.39, 0.29) is 5.41 Å². The van der Waals surface area contributed by atoms with Crippen LogP contribution in [0.5, 0.6) is 0 Å². The first-order chi connectivity index (χ1) is 8.49. The molecule has 100 valence electrons. The summed E-state index contributed by atoms with van der Waals surface area (Å²) in [6.07, 6.45) is 4.92. The number of nitrogens with one attached hydrogen (secondary N) is 1. The van der Waals surface area contributed by atoms with Gasteiger partial charge in [-0.2, -0.15) is 0 Å². The van der Waals surface area contributed by atoms with Gasteiger partial charge in [0.25, 0.3) is 0 Å². The van der Waals surface area contributed by atoms with Crippen molar-refractivity contribution >= 4 is 0 Å². The summed E-state index contributed by atoms with van der Waals surface area (Å²) in [6.45, 7) is 5.15. The van der Waals surface area contributed by atoms with Crippen molar-refractivity contribution in [2.24, 2.45) is 5.41 Å². The molecule has 1 fully saturated rings. The van der Waals surface area contributed by atoms with Crippen LogP contribution in [0.2, 0.25) is 0 Å². The summed E-state index contributed by atoms with van der Waals surface area (Å²) in [5.74, 6) is -1.55. The van der Waals surface area contributed by atoms with Gasteiger partial charge in [0, 0.05) is 12.6 Å². The topological polar surface area (TPSA) is 12.0 Å². The lowest BCUT2D eigenvalue weighted by atomic mass is 9.73. The van der Waals surface area contributed by atoms with E-state index in [1.165, 1.54) is 31.4 Å². The van der Waals surface area contributed by atoms with E-state index in [9.17, 15) is 8.78 Å². The van der Waals surface area contributed by atoms with Crippen LogP contribution in [0.15, 0.2) is 18.2 Å². The van der Waals surface area contributed by atoms with Crippen LogP contribution in [0, 0.1) is 17.0 Å². The van der Waals surface area contributed by atoms with Crippen LogP contribution < -0.4 is 5.32 Å². The second-order valence-electron chi connectivity index (χ2n) is 5.92. The molecule has 0 aromatic heterocycles. The Kier molecular flexibility index (Phi) is 4.00. The molecular weight excluding hydrogens is 232 g/mol. The van der Waals surface area contributed by atoms with Crippen molar-refractivity contribution in [3.63, 3.8) is 0 Å². The highest BCUT2D eigenvalue weighted by Crippen LogP contribution is 2.35. The summed E-state index contributed by atoms with van der Waals surface area (Å²) < 4.78 is 25.9. The number of hydrogen-bond acceptors (Lipinski definition) is 1. The summed E-state index contributed by atoms with van der Waals surface area (Å²) in [7, 11) is 0. The Bertz CT molecular complexity index is 415. The number of hydrogen-bond donors (Lipinski definition) is 1. The minimum absolute atomic E-state index is 0.289. The first-order valence-corrected chi connectivity index (χ1v) is 6.66. The highest BCUT2D eigenvalue weighted by Gasteiger charge is 2.31. The van der Waals surface area contributed by atoms with Crippen molar-refractivity contribution in [3.05, 3.63) is 35.4 Å². The van der Waals surface area contributed by atoms with Gasteiger partial charge in [0.05, 0.1) is 0 Å². The fraction of sp³-hybridized carbons (Fsp3) is 0.600. The van der Waals surface area contributed by atoms with Gasteiger partial charge in [-0.25, -0.2) is 8.78 Å². The van der Waals surface area contributed by atoms with Crippen molar-refractivity contribution in [2.45, 2.75) is 52.1 Å². The van der Waals surface area contributed by atoms with Crippen LogP contribution in [0.4, 0.5) is 8.78 Å². The molecule has 2 rings (SSSR count). The average molecular weight is 253 g/mol. The third-order valence-electron chi connectivity index (χ3n) is 4.04. The molecule has 1 atom stereocenters. The SMILES string of the molecule is CC1(C)CCCCC1NCc1ccc(F)c(F)c1. The van der Waals surface area contributed by atoms with Gasteiger partial charge in [-0.3, -0.25) is 0 Å². The van der Waals surface area contributed by atoms with Crippen molar-refractivity contribution in [1.82, 2.24) is 5.32 Å². The maximum absolute atomic E-state index is 13.1. The lowest BCUT2D eigenvalue weighted by Crippen LogP contribution is -2.43. The molecule has 0 heterocycles. The molecule has 1 nitrogen and oxygen atoms in total. The Morgan fingerprint density at radius 1 is 1.22 bits per heavy atom. The third-order valence-corrected chi connectivity index (χ3v) is 4.04. The van der Waals surface area contributed by atoms with E-state index in [0.717, 1.165) is 12.0 Å². The van der Waals surface area contributed by atoms with E-state index < -0.39 is 11.6 Å². The zero-order chi connectivity index (χ0) is 13.2. The minimum Gasteiger partial charge on any atom is -0.309 e. The monoisotopic (exact) mass is 253 g/mol. The fourth-order valence-corrected chi connectivity index (χ4v) is 2.76. The van der Waals surface area contributed by atoms with Gasteiger partial charge in [-0.1, -0.05) is 32.8 Å². The van der Waals surface area contributed by atoms with E-state index in [4.69, 9.17) is 0 Å². The third kappa shape index (κ3) is 3.08. The molecule has 1 aromatic carbocycles. The molecule has 0 bridgehead atoms. The first kappa shape index (κ1) is 13.5. The normalized spacial score (nSPS) is 23.0. The molecule has 1 unspecified atom stereocenters. The zero-order valence-corrected chi connectivity index (χ0v) is 11.1. The first-order valence-electron chi connectivity index (χ1n) is 6.66.